The Bertz CT molecular complexity index is 791. The van der Waals surface area contributed by atoms with Gasteiger partial charge in [0.15, 0.2) is 0 Å². The first-order valence-corrected chi connectivity index (χ1v) is 8.19. The van der Waals surface area contributed by atoms with Gasteiger partial charge in [-0.05, 0) is 43.3 Å². The third kappa shape index (κ3) is 3.74. The van der Waals surface area contributed by atoms with E-state index in [-0.39, 0.29) is 5.91 Å². The van der Waals surface area contributed by atoms with Crippen molar-refractivity contribution in [3.05, 3.63) is 71.6 Å². The molecule has 0 bridgehead atoms. The van der Waals surface area contributed by atoms with E-state index in [4.69, 9.17) is 18.3 Å². The number of methoxy groups -OCH3 is 2. The van der Waals surface area contributed by atoms with E-state index in [9.17, 15) is 4.79 Å². The molecule has 3 rings (SSSR count). The molecular formula is C20H21NO5. The average molecular weight is 355 g/mol. The summed E-state index contributed by atoms with van der Waals surface area (Å²) in [4.78, 5) is 14.8. The molecule has 3 aromatic rings. The fraction of sp³-hybridized carbons (Fsp3) is 0.250. The van der Waals surface area contributed by atoms with Crippen molar-refractivity contribution in [2.75, 3.05) is 14.2 Å². The number of ether oxygens (including phenoxy) is 2. The Morgan fingerprint density at radius 1 is 0.962 bits per heavy atom. The highest BCUT2D eigenvalue weighted by atomic mass is 16.5. The lowest BCUT2D eigenvalue weighted by atomic mass is 10.1. The van der Waals surface area contributed by atoms with Crippen LogP contribution in [0.2, 0.25) is 0 Å². The second kappa shape index (κ2) is 7.82. The molecule has 0 fully saturated rings. The Morgan fingerprint density at radius 2 is 1.46 bits per heavy atom. The van der Waals surface area contributed by atoms with Crippen LogP contribution in [0.5, 0.6) is 11.5 Å². The maximum atomic E-state index is 13.2. The minimum atomic E-state index is -0.172. The number of nitrogens with zero attached hydrogens (tertiary/aromatic N) is 1. The number of hydrogen-bond acceptors (Lipinski definition) is 5. The second-order valence-corrected chi connectivity index (χ2v) is 5.83. The van der Waals surface area contributed by atoms with Gasteiger partial charge in [-0.2, -0.15) is 0 Å². The highest BCUT2D eigenvalue weighted by Gasteiger charge is 2.21. The van der Waals surface area contributed by atoms with Crippen LogP contribution >= 0.6 is 0 Å². The van der Waals surface area contributed by atoms with Crippen LogP contribution in [0.1, 0.15) is 27.4 Å². The SMILES string of the molecule is COc1cc(C(=O)N(Cc2ccco2)Cc2ccco2)cc(OC)c1C. The number of rotatable bonds is 7. The first kappa shape index (κ1) is 17.7. The van der Waals surface area contributed by atoms with Gasteiger partial charge < -0.3 is 23.2 Å². The monoisotopic (exact) mass is 355 g/mol. The van der Waals surface area contributed by atoms with Crippen molar-refractivity contribution in [2.24, 2.45) is 0 Å². The zero-order valence-corrected chi connectivity index (χ0v) is 15.0. The van der Waals surface area contributed by atoms with Gasteiger partial charge in [0, 0.05) is 11.1 Å². The van der Waals surface area contributed by atoms with Crippen LogP contribution in [0, 0.1) is 6.92 Å². The van der Waals surface area contributed by atoms with Gasteiger partial charge >= 0.3 is 0 Å². The van der Waals surface area contributed by atoms with Crippen molar-refractivity contribution in [1.29, 1.82) is 0 Å². The lowest BCUT2D eigenvalue weighted by Gasteiger charge is -2.22. The van der Waals surface area contributed by atoms with E-state index in [1.165, 1.54) is 0 Å². The Labute approximate surface area is 151 Å². The van der Waals surface area contributed by atoms with Crippen LogP contribution in [-0.2, 0) is 13.1 Å². The first-order valence-electron chi connectivity index (χ1n) is 8.19. The van der Waals surface area contributed by atoms with Crippen molar-refractivity contribution in [3.8, 4) is 11.5 Å². The van der Waals surface area contributed by atoms with Gasteiger partial charge in [-0.15, -0.1) is 0 Å². The molecule has 0 aliphatic heterocycles. The van der Waals surface area contributed by atoms with Crippen LogP contribution in [0.3, 0.4) is 0 Å². The van der Waals surface area contributed by atoms with Crippen LogP contribution in [0.4, 0.5) is 0 Å². The molecule has 2 aromatic heterocycles. The van der Waals surface area contributed by atoms with Crippen molar-refractivity contribution < 1.29 is 23.1 Å². The molecule has 6 heteroatoms. The number of furan rings is 2. The van der Waals surface area contributed by atoms with E-state index in [0.29, 0.717) is 41.7 Å². The summed E-state index contributed by atoms with van der Waals surface area (Å²) < 4.78 is 21.6. The highest BCUT2D eigenvalue weighted by molar-refractivity contribution is 5.95. The fourth-order valence-corrected chi connectivity index (χ4v) is 2.77. The molecule has 0 atom stereocenters. The quantitative estimate of drug-likeness (QED) is 0.640. The zero-order valence-electron chi connectivity index (χ0n) is 15.0. The standard InChI is InChI=1S/C20H21NO5/c1-14-18(23-2)10-15(11-19(14)24-3)20(22)21(12-16-6-4-8-25-16)13-17-7-5-9-26-17/h4-11H,12-13H2,1-3H3. The summed E-state index contributed by atoms with van der Waals surface area (Å²) in [6.07, 6.45) is 3.17. The molecule has 0 aliphatic rings. The van der Waals surface area contributed by atoms with Gasteiger partial charge in [0.2, 0.25) is 0 Å². The molecule has 0 spiro atoms. The van der Waals surface area contributed by atoms with E-state index < -0.39 is 0 Å². The number of amides is 1. The largest absolute Gasteiger partial charge is 0.496 e. The average Bonchev–Trinajstić information content (AvgIpc) is 3.35. The van der Waals surface area contributed by atoms with E-state index >= 15 is 0 Å². The molecule has 6 nitrogen and oxygen atoms in total. The molecule has 0 radical (unpaired) electrons. The maximum absolute atomic E-state index is 13.2. The fourth-order valence-electron chi connectivity index (χ4n) is 2.77. The predicted molar refractivity (Wildman–Crippen MR) is 95.3 cm³/mol. The topological polar surface area (TPSA) is 65.0 Å². The van der Waals surface area contributed by atoms with Gasteiger partial charge in [-0.3, -0.25) is 4.79 Å². The number of benzene rings is 1. The summed E-state index contributed by atoms with van der Waals surface area (Å²) in [6, 6.07) is 10.7. The third-order valence-electron chi connectivity index (χ3n) is 4.14. The maximum Gasteiger partial charge on any atom is 0.254 e. The Morgan fingerprint density at radius 3 is 1.85 bits per heavy atom. The van der Waals surface area contributed by atoms with Gasteiger partial charge in [-0.1, -0.05) is 0 Å². The molecule has 2 heterocycles. The van der Waals surface area contributed by atoms with Gasteiger partial charge in [-0.25, -0.2) is 0 Å². The molecule has 1 amide bonds. The van der Waals surface area contributed by atoms with Gasteiger partial charge in [0.1, 0.15) is 23.0 Å². The van der Waals surface area contributed by atoms with Crippen LogP contribution in [-0.4, -0.2) is 25.0 Å². The van der Waals surface area contributed by atoms with Crippen molar-refractivity contribution in [1.82, 2.24) is 4.90 Å². The Kier molecular flexibility index (Phi) is 5.31. The lowest BCUT2D eigenvalue weighted by Crippen LogP contribution is -2.30. The Balaban J connectivity index is 1.93. The van der Waals surface area contributed by atoms with Gasteiger partial charge in [0.05, 0.1) is 39.8 Å². The summed E-state index contributed by atoms with van der Waals surface area (Å²) in [7, 11) is 3.14. The van der Waals surface area contributed by atoms with Crippen LogP contribution in [0.15, 0.2) is 57.8 Å². The molecule has 0 unspecified atom stereocenters. The predicted octanol–water partition coefficient (Wildman–Crippen LogP) is 4.04. The smallest absolute Gasteiger partial charge is 0.254 e. The summed E-state index contributed by atoms with van der Waals surface area (Å²) in [6.45, 7) is 2.53. The van der Waals surface area contributed by atoms with E-state index in [2.05, 4.69) is 0 Å². The number of carbonyl (C=O) groups is 1. The molecule has 0 saturated heterocycles. The van der Waals surface area contributed by atoms with Gasteiger partial charge in [0.25, 0.3) is 5.91 Å². The molecule has 0 N–H and O–H groups in total. The minimum Gasteiger partial charge on any atom is -0.496 e. The molecule has 26 heavy (non-hydrogen) atoms. The zero-order chi connectivity index (χ0) is 18.5. The molecule has 136 valence electrons. The van der Waals surface area contributed by atoms with Crippen molar-refractivity contribution >= 4 is 5.91 Å². The minimum absolute atomic E-state index is 0.172. The van der Waals surface area contributed by atoms with E-state index in [1.807, 2.05) is 19.1 Å². The number of carbonyl (C=O) groups excluding carboxylic acids is 1. The highest BCUT2D eigenvalue weighted by Crippen LogP contribution is 2.30. The van der Waals surface area contributed by atoms with Crippen LogP contribution in [0.25, 0.3) is 0 Å². The first-order chi connectivity index (χ1) is 12.6. The van der Waals surface area contributed by atoms with E-state index in [1.54, 1.807) is 55.9 Å². The molecule has 0 aliphatic carbocycles. The summed E-state index contributed by atoms with van der Waals surface area (Å²) >= 11 is 0. The summed E-state index contributed by atoms with van der Waals surface area (Å²) in [5.41, 5.74) is 1.32. The lowest BCUT2D eigenvalue weighted by molar-refractivity contribution is 0.0704. The Hall–Kier alpha value is -3.15. The summed E-state index contributed by atoms with van der Waals surface area (Å²) in [5.74, 6) is 2.41. The van der Waals surface area contributed by atoms with Crippen molar-refractivity contribution in [2.45, 2.75) is 20.0 Å². The van der Waals surface area contributed by atoms with Crippen molar-refractivity contribution in [3.63, 3.8) is 0 Å². The normalized spacial score (nSPS) is 10.6. The molecular weight excluding hydrogens is 334 g/mol. The second-order valence-electron chi connectivity index (χ2n) is 5.83. The van der Waals surface area contributed by atoms with Crippen LogP contribution < -0.4 is 9.47 Å². The number of hydrogen-bond donors (Lipinski definition) is 0. The molecule has 1 aromatic carbocycles. The molecule has 0 saturated carbocycles. The summed E-state index contributed by atoms with van der Waals surface area (Å²) in [5, 5.41) is 0. The third-order valence-corrected chi connectivity index (χ3v) is 4.14. The van der Waals surface area contributed by atoms with E-state index in [0.717, 1.165) is 5.56 Å².